The maximum atomic E-state index is 5.42. The Hall–Kier alpha value is -0.300. The molecule has 0 aromatic heterocycles. The highest BCUT2D eigenvalue weighted by molar-refractivity contribution is 4.92. The number of rotatable bonds is 0. The van der Waals surface area contributed by atoms with E-state index in [1.54, 1.807) is 0 Å². The fraction of sp³-hybridized carbons (Fsp3) is 0.600. The van der Waals surface area contributed by atoms with Gasteiger partial charge in [-0.1, -0.05) is 6.08 Å². The van der Waals surface area contributed by atoms with Crippen molar-refractivity contribution >= 4 is 0 Å². The summed E-state index contributed by atoms with van der Waals surface area (Å²) in [6.07, 6.45) is 7.11. The molecule has 0 saturated heterocycles. The first-order valence-electron chi connectivity index (χ1n) is 2.22. The maximum absolute atomic E-state index is 5.42. The van der Waals surface area contributed by atoms with Gasteiger partial charge in [-0.15, -0.1) is 0 Å². The van der Waals surface area contributed by atoms with Crippen LogP contribution in [0, 0.1) is 6.08 Å². The van der Waals surface area contributed by atoms with Crippen LogP contribution in [0.4, 0.5) is 0 Å². The van der Waals surface area contributed by atoms with Crippen molar-refractivity contribution in [3.05, 3.63) is 12.2 Å². The molecule has 1 rings (SSSR count). The highest BCUT2D eigenvalue weighted by atomic mass is 14.6. The highest BCUT2D eigenvalue weighted by Crippen LogP contribution is 2.03. The van der Waals surface area contributed by atoms with Crippen LogP contribution in [0.1, 0.15) is 12.8 Å². The Balaban J connectivity index is 2.38. The molecule has 0 saturated carbocycles. The summed E-state index contributed by atoms with van der Waals surface area (Å²) in [6.45, 7) is 0. The molecule has 0 aromatic rings. The maximum Gasteiger partial charge on any atom is 0.0232 e. The van der Waals surface area contributed by atoms with E-state index in [-0.39, 0.29) is 0 Å². The van der Waals surface area contributed by atoms with Gasteiger partial charge in [0.2, 0.25) is 0 Å². The van der Waals surface area contributed by atoms with E-state index >= 15 is 0 Å². The van der Waals surface area contributed by atoms with E-state index in [1.165, 1.54) is 0 Å². The second-order valence-electron chi connectivity index (χ2n) is 1.57. The van der Waals surface area contributed by atoms with Crippen molar-refractivity contribution in [3.63, 3.8) is 0 Å². The standard InChI is InChI=1S/C5H8N/c6-5-3-1-2-4-5/h4-5H,1,3,6H2. The molecular weight excluding hydrogens is 74.1 g/mol. The Morgan fingerprint density at radius 3 is 2.83 bits per heavy atom. The smallest absolute Gasteiger partial charge is 0.0232 e. The molecule has 0 aromatic carbocycles. The van der Waals surface area contributed by atoms with E-state index in [0.717, 1.165) is 12.8 Å². The van der Waals surface area contributed by atoms with Crippen LogP contribution in [-0.2, 0) is 0 Å². The number of hydrogen-bond donors (Lipinski definition) is 1. The van der Waals surface area contributed by atoms with E-state index in [9.17, 15) is 0 Å². The first-order chi connectivity index (χ1) is 2.89. The number of allylic oxidation sites excluding steroid dienone is 1. The summed E-state index contributed by atoms with van der Waals surface area (Å²) in [4.78, 5) is 0. The van der Waals surface area contributed by atoms with Crippen LogP contribution in [0.25, 0.3) is 0 Å². The Bertz CT molecular complexity index is 66.3. The largest absolute Gasteiger partial charge is 0.324 e. The summed E-state index contributed by atoms with van der Waals surface area (Å²) < 4.78 is 0. The Labute approximate surface area is 37.8 Å². The predicted molar refractivity (Wildman–Crippen MR) is 25.0 cm³/mol. The van der Waals surface area contributed by atoms with Crippen molar-refractivity contribution in [1.29, 1.82) is 0 Å². The molecular formula is C5H8N. The minimum absolute atomic E-state index is 0.310. The Morgan fingerprint density at radius 2 is 2.67 bits per heavy atom. The minimum Gasteiger partial charge on any atom is -0.324 e. The molecule has 0 bridgehead atoms. The minimum atomic E-state index is 0.310. The molecule has 0 heterocycles. The topological polar surface area (TPSA) is 26.0 Å². The molecule has 1 aliphatic carbocycles. The van der Waals surface area contributed by atoms with Crippen molar-refractivity contribution in [2.45, 2.75) is 18.9 Å². The lowest BCUT2D eigenvalue weighted by Crippen LogP contribution is -2.11. The van der Waals surface area contributed by atoms with Crippen LogP contribution in [0.3, 0.4) is 0 Å². The summed E-state index contributed by atoms with van der Waals surface area (Å²) >= 11 is 0. The third kappa shape index (κ3) is 0.601. The van der Waals surface area contributed by atoms with Crippen LogP contribution < -0.4 is 5.73 Å². The Kier molecular flexibility index (Phi) is 0.926. The van der Waals surface area contributed by atoms with Gasteiger partial charge in [0.15, 0.2) is 0 Å². The summed E-state index contributed by atoms with van der Waals surface area (Å²) in [7, 11) is 0. The summed E-state index contributed by atoms with van der Waals surface area (Å²) in [6, 6.07) is 0.310. The average molecular weight is 82.1 g/mol. The summed E-state index contributed by atoms with van der Waals surface area (Å²) in [5.41, 5.74) is 5.42. The highest BCUT2D eigenvalue weighted by Gasteiger charge is 1.99. The number of nitrogens with two attached hydrogens (primary N) is 1. The molecule has 6 heavy (non-hydrogen) atoms. The third-order valence-electron chi connectivity index (χ3n) is 0.954. The number of hydrogen-bond acceptors (Lipinski definition) is 1. The fourth-order valence-electron chi connectivity index (χ4n) is 0.568. The molecule has 1 atom stereocenters. The zero-order valence-electron chi connectivity index (χ0n) is 3.65. The molecule has 1 nitrogen and oxygen atoms in total. The van der Waals surface area contributed by atoms with Crippen LogP contribution in [0.5, 0.6) is 0 Å². The molecule has 0 aliphatic heterocycles. The average Bonchev–Trinajstić information content (AvgIpc) is 1.86. The van der Waals surface area contributed by atoms with Crippen molar-refractivity contribution in [1.82, 2.24) is 0 Å². The molecule has 1 heteroatoms. The molecule has 0 fully saturated rings. The van der Waals surface area contributed by atoms with Gasteiger partial charge in [0.25, 0.3) is 0 Å². The van der Waals surface area contributed by atoms with Crippen LogP contribution in [0.2, 0.25) is 0 Å². The van der Waals surface area contributed by atoms with Crippen LogP contribution in [0.15, 0.2) is 6.08 Å². The van der Waals surface area contributed by atoms with Gasteiger partial charge in [-0.2, -0.15) is 0 Å². The zero-order valence-corrected chi connectivity index (χ0v) is 3.65. The van der Waals surface area contributed by atoms with Crippen molar-refractivity contribution < 1.29 is 0 Å². The third-order valence-corrected chi connectivity index (χ3v) is 0.954. The molecule has 0 spiro atoms. The second-order valence-corrected chi connectivity index (χ2v) is 1.57. The lowest BCUT2D eigenvalue weighted by molar-refractivity contribution is 0.778. The normalized spacial score (nSPS) is 31.8. The van der Waals surface area contributed by atoms with Gasteiger partial charge in [0.1, 0.15) is 0 Å². The van der Waals surface area contributed by atoms with Gasteiger partial charge in [0.05, 0.1) is 0 Å². The summed E-state index contributed by atoms with van der Waals surface area (Å²) in [5.74, 6) is 0. The molecule has 0 amide bonds. The fourth-order valence-corrected chi connectivity index (χ4v) is 0.568. The van der Waals surface area contributed by atoms with Gasteiger partial charge in [-0.05, 0) is 18.9 Å². The van der Waals surface area contributed by atoms with Gasteiger partial charge >= 0.3 is 0 Å². The van der Waals surface area contributed by atoms with E-state index in [1.807, 2.05) is 6.08 Å². The van der Waals surface area contributed by atoms with Crippen molar-refractivity contribution in [2.24, 2.45) is 5.73 Å². The first-order valence-corrected chi connectivity index (χ1v) is 2.22. The van der Waals surface area contributed by atoms with E-state index in [2.05, 4.69) is 6.08 Å². The van der Waals surface area contributed by atoms with E-state index in [0.29, 0.717) is 6.04 Å². The second kappa shape index (κ2) is 1.43. The summed E-state index contributed by atoms with van der Waals surface area (Å²) in [5, 5.41) is 0. The first kappa shape index (κ1) is 3.88. The SMILES string of the molecule is NC1C=[C]CC1. The van der Waals surface area contributed by atoms with Gasteiger partial charge in [-0.25, -0.2) is 0 Å². The molecule has 1 aliphatic rings. The van der Waals surface area contributed by atoms with Crippen molar-refractivity contribution in [3.8, 4) is 0 Å². The molecule has 1 unspecified atom stereocenters. The molecule has 1 radical (unpaired) electrons. The molecule has 33 valence electrons. The molecule has 2 N–H and O–H groups in total. The monoisotopic (exact) mass is 82.1 g/mol. The van der Waals surface area contributed by atoms with Crippen molar-refractivity contribution in [2.75, 3.05) is 0 Å². The van der Waals surface area contributed by atoms with Crippen LogP contribution >= 0.6 is 0 Å². The van der Waals surface area contributed by atoms with Gasteiger partial charge in [-0.3, -0.25) is 0 Å². The lowest BCUT2D eigenvalue weighted by atomic mass is 10.3. The van der Waals surface area contributed by atoms with E-state index in [4.69, 9.17) is 5.73 Å². The Morgan fingerprint density at radius 1 is 1.83 bits per heavy atom. The van der Waals surface area contributed by atoms with E-state index < -0.39 is 0 Å². The van der Waals surface area contributed by atoms with Gasteiger partial charge < -0.3 is 5.73 Å². The predicted octanol–water partition coefficient (Wildman–Crippen LogP) is 0.467. The zero-order chi connectivity index (χ0) is 4.41. The van der Waals surface area contributed by atoms with Gasteiger partial charge in [0, 0.05) is 6.04 Å². The lowest BCUT2D eigenvalue weighted by Gasteiger charge is -1.90. The quantitative estimate of drug-likeness (QED) is 0.451. The van der Waals surface area contributed by atoms with Crippen LogP contribution in [-0.4, -0.2) is 6.04 Å².